The number of hydrogen-bond acceptors (Lipinski definition) is 6. The van der Waals surface area contributed by atoms with Crippen LogP contribution in [0.2, 0.25) is 0 Å². The summed E-state index contributed by atoms with van der Waals surface area (Å²) in [6.45, 7) is 2.42. The second-order valence-corrected chi connectivity index (χ2v) is 6.33. The molecule has 0 saturated carbocycles. The number of aldehydes is 1. The molecule has 0 spiro atoms. The van der Waals surface area contributed by atoms with E-state index in [1.54, 1.807) is 24.3 Å². The van der Waals surface area contributed by atoms with Gasteiger partial charge in [0.2, 0.25) is 5.43 Å². The first kappa shape index (κ1) is 17.7. The van der Waals surface area contributed by atoms with Crippen LogP contribution in [0, 0.1) is 0 Å². The summed E-state index contributed by atoms with van der Waals surface area (Å²) in [5.74, 6) is 0.680. The van der Waals surface area contributed by atoms with Crippen LogP contribution < -0.4 is 15.8 Å². The van der Waals surface area contributed by atoms with E-state index in [0.29, 0.717) is 41.6 Å². The lowest BCUT2D eigenvalue weighted by Crippen LogP contribution is -2.08. The van der Waals surface area contributed by atoms with Gasteiger partial charge in [0.05, 0.1) is 17.6 Å². The standard InChI is InChI=1S/C22H16O6/c1-2-26-16-4-6-20-17(10-16)14(9-21(24)28-20)7-13-3-5-19-18(8-13)22(25)15(11-23)12-27-19/h3-6,8-12H,2,7H2,1H3. The lowest BCUT2D eigenvalue weighted by molar-refractivity contribution is 0.112. The van der Waals surface area contributed by atoms with Gasteiger partial charge in [-0.2, -0.15) is 0 Å². The summed E-state index contributed by atoms with van der Waals surface area (Å²) in [6.07, 6.45) is 2.03. The number of hydrogen-bond donors (Lipinski definition) is 0. The first-order valence-corrected chi connectivity index (χ1v) is 8.78. The fraction of sp³-hybridized carbons (Fsp3) is 0.136. The van der Waals surface area contributed by atoms with E-state index in [2.05, 4.69) is 0 Å². The predicted molar refractivity (Wildman–Crippen MR) is 104 cm³/mol. The zero-order valence-electron chi connectivity index (χ0n) is 15.1. The van der Waals surface area contributed by atoms with Gasteiger partial charge in [0, 0.05) is 11.5 Å². The van der Waals surface area contributed by atoms with Crippen LogP contribution >= 0.6 is 0 Å². The summed E-state index contributed by atoms with van der Waals surface area (Å²) >= 11 is 0. The second-order valence-electron chi connectivity index (χ2n) is 6.33. The number of ether oxygens (including phenoxy) is 1. The van der Waals surface area contributed by atoms with Crippen molar-refractivity contribution in [2.75, 3.05) is 6.61 Å². The van der Waals surface area contributed by atoms with Crippen molar-refractivity contribution in [2.45, 2.75) is 13.3 Å². The first-order valence-electron chi connectivity index (χ1n) is 8.78. The van der Waals surface area contributed by atoms with Crippen LogP contribution in [0.5, 0.6) is 5.75 Å². The second kappa shape index (κ2) is 7.15. The Bertz CT molecular complexity index is 1310. The van der Waals surface area contributed by atoms with Gasteiger partial charge >= 0.3 is 5.63 Å². The molecule has 4 aromatic rings. The molecular formula is C22H16O6. The van der Waals surface area contributed by atoms with Gasteiger partial charge < -0.3 is 13.6 Å². The lowest BCUT2D eigenvalue weighted by Gasteiger charge is -2.09. The van der Waals surface area contributed by atoms with Gasteiger partial charge in [-0.05, 0) is 54.8 Å². The van der Waals surface area contributed by atoms with Crippen molar-refractivity contribution < 1.29 is 18.4 Å². The third kappa shape index (κ3) is 3.20. The van der Waals surface area contributed by atoms with Gasteiger partial charge in [-0.1, -0.05) is 6.07 Å². The third-order valence-electron chi connectivity index (χ3n) is 4.50. The van der Waals surface area contributed by atoms with Gasteiger partial charge in [-0.15, -0.1) is 0 Å². The van der Waals surface area contributed by atoms with Gasteiger partial charge in [0.15, 0.2) is 6.29 Å². The van der Waals surface area contributed by atoms with E-state index in [9.17, 15) is 14.4 Å². The molecule has 0 aliphatic carbocycles. The minimum Gasteiger partial charge on any atom is -0.494 e. The summed E-state index contributed by atoms with van der Waals surface area (Å²) in [6, 6.07) is 11.9. The average Bonchev–Trinajstić information content (AvgIpc) is 2.69. The fourth-order valence-electron chi connectivity index (χ4n) is 3.21. The van der Waals surface area contributed by atoms with E-state index in [4.69, 9.17) is 13.6 Å². The SMILES string of the molecule is CCOc1ccc2oc(=O)cc(Cc3ccc4occ(C=O)c(=O)c4c3)c2c1. The Kier molecular flexibility index (Phi) is 4.53. The molecule has 0 saturated heterocycles. The predicted octanol–water partition coefficient (Wildman–Crippen LogP) is 3.70. The fourth-order valence-corrected chi connectivity index (χ4v) is 3.21. The zero-order chi connectivity index (χ0) is 19.7. The molecule has 6 heteroatoms. The van der Waals surface area contributed by atoms with E-state index in [1.807, 2.05) is 19.1 Å². The maximum Gasteiger partial charge on any atom is 0.336 e. The molecule has 0 N–H and O–H groups in total. The molecule has 2 aromatic carbocycles. The molecule has 0 aliphatic rings. The monoisotopic (exact) mass is 376 g/mol. The summed E-state index contributed by atoms with van der Waals surface area (Å²) < 4.78 is 16.2. The van der Waals surface area contributed by atoms with Gasteiger partial charge in [0.25, 0.3) is 0 Å². The highest BCUT2D eigenvalue weighted by Crippen LogP contribution is 2.25. The Hall–Kier alpha value is -3.67. The van der Waals surface area contributed by atoms with Crippen molar-refractivity contribution in [3.63, 3.8) is 0 Å². The van der Waals surface area contributed by atoms with Crippen molar-refractivity contribution in [3.05, 3.63) is 86.1 Å². The Morgan fingerprint density at radius 3 is 2.61 bits per heavy atom. The molecule has 2 heterocycles. The van der Waals surface area contributed by atoms with Crippen molar-refractivity contribution in [1.29, 1.82) is 0 Å². The number of rotatable bonds is 5. The van der Waals surface area contributed by atoms with Crippen LogP contribution in [0.15, 0.2) is 67.2 Å². The average molecular weight is 376 g/mol. The number of benzene rings is 2. The highest BCUT2D eigenvalue weighted by atomic mass is 16.5. The van der Waals surface area contributed by atoms with Crippen LogP contribution in [0.3, 0.4) is 0 Å². The van der Waals surface area contributed by atoms with Gasteiger partial charge in [-0.3, -0.25) is 9.59 Å². The maximum atomic E-state index is 12.4. The van der Waals surface area contributed by atoms with Crippen LogP contribution in [0.1, 0.15) is 28.4 Å². The van der Waals surface area contributed by atoms with Crippen LogP contribution in [-0.2, 0) is 6.42 Å². The molecule has 0 unspecified atom stereocenters. The molecular weight excluding hydrogens is 360 g/mol. The lowest BCUT2D eigenvalue weighted by atomic mass is 10.00. The largest absolute Gasteiger partial charge is 0.494 e. The highest BCUT2D eigenvalue weighted by molar-refractivity contribution is 5.85. The summed E-state index contributed by atoms with van der Waals surface area (Å²) in [5.41, 5.74) is 1.56. The van der Waals surface area contributed by atoms with Crippen molar-refractivity contribution in [2.24, 2.45) is 0 Å². The van der Waals surface area contributed by atoms with Crippen LogP contribution in [-0.4, -0.2) is 12.9 Å². The highest BCUT2D eigenvalue weighted by Gasteiger charge is 2.11. The van der Waals surface area contributed by atoms with Gasteiger partial charge in [0.1, 0.15) is 23.2 Å². The molecule has 28 heavy (non-hydrogen) atoms. The minimum absolute atomic E-state index is 0.0307. The third-order valence-corrected chi connectivity index (χ3v) is 4.50. The number of carbonyl (C=O) groups excluding carboxylic acids is 1. The van der Waals surface area contributed by atoms with Gasteiger partial charge in [-0.25, -0.2) is 4.79 Å². The van der Waals surface area contributed by atoms with E-state index in [0.717, 1.165) is 22.8 Å². The normalized spacial score (nSPS) is 11.0. The Morgan fingerprint density at radius 1 is 1.00 bits per heavy atom. The van der Waals surface area contributed by atoms with Crippen molar-refractivity contribution in [3.8, 4) is 5.75 Å². The molecule has 0 atom stereocenters. The molecule has 2 aromatic heterocycles. The van der Waals surface area contributed by atoms with Crippen molar-refractivity contribution >= 4 is 28.2 Å². The Balaban J connectivity index is 1.84. The number of fused-ring (bicyclic) bond motifs is 2. The van der Waals surface area contributed by atoms with E-state index in [1.165, 1.54) is 6.07 Å². The van der Waals surface area contributed by atoms with E-state index < -0.39 is 5.63 Å². The van der Waals surface area contributed by atoms with E-state index in [-0.39, 0.29) is 11.0 Å². The smallest absolute Gasteiger partial charge is 0.336 e. The molecule has 0 aliphatic heterocycles. The van der Waals surface area contributed by atoms with Crippen LogP contribution in [0.25, 0.3) is 21.9 Å². The van der Waals surface area contributed by atoms with Crippen LogP contribution in [0.4, 0.5) is 0 Å². The van der Waals surface area contributed by atoms with E-state index >= 15 is 0 Å². The zero-order valence-corrected chi connectivity index (χ0v) is 15.1. The Morgan fingerprint density at radius 2 is 1.82 bits per heavy atom. The number of carbonyl (C=O) groups is 1. The summed E-state index contributed by atoms with van der Waals surface area (Å²) in [7, 11) is 0. The molecule has 140 valence electrons. The first-order chi connectivity index (χ1) is 13.6. The Labute approximate surface area is 159 Å². The quantitative estimate of drug-likeness (QED) is 0.390. The maximum absolute atomic E-state index is 12.4. The summed E-state index contributed by atoms with van der Waals surface area (Å²) in [5, 5.41) is 1.09. The molecule has 4 rings (SSSR count). The molecule has 0 bridgehead atoms. The topological polar surface area (TPSA) is 86.7 Å². The minimum atomic E-state index is -0.449. The molecule has 0 radical (unpaired) electrons. The van der Waals surface area contributed by atoms with Crippen molar-refractivity contribution in [1.82, 2.24) is 0 Å². The molecule has 0 amide bonds. The summed E-state index contributed by atoms with van der Waals surface area (Å²) in [4.78, 5) is 35.3. The molecule has 0 fully saturated rings. The molecule has 6 nitrogen and oxygen atoms in total.